The summed E-state index contributed by atoms with van der Waals surface area (Å²) >= 11 is 0. The van der Waals surface area contributed by atoms with E-state index < -0.39 is 0 Å². The van der Waals surface area contributed by atoms with Gasteiger partial charge in [0, 0.05) is 26.1 Å². The zero-order valence-electron chi connectivity index (χ0n) is 14.0. The highest BCUT2D eigenvalue weighted by molar-refractivity contribution is 5.91. The molecule has 130 valence electrons. The highest BCUT2D eigenvalue weighted by Gasteiger charge is 2.34. The second-order valence-electron chi connectivity index (χ2n) is 7.54. The van der Waals surface area contributed by atoms with Gasteiger partial charge in [0.1, 0.15) is 0 Å². The molecule has 1 aromatic heterocycles. The molecule has 0 aromatic carbocycles. The average Bonchev–Trinajstić information content (AvgIpc) is 2.98. The first kappa shape index (κ1) is 15.6. The van der Waals surface area contributed by atoms with Crippen LogP contribution in [-0.4, -0.2) is 51.3 Å². The molecule has 2 aliphatic carbocycles. The molecule has 4 rings (SSSR count). The predicted octanol–water partition coefficient (Wildman–Crippen LogP) is 1.38. The van der Waals surface area contributed by atoms with E-state index in [1.54, 1.807) is 10.9 Å². The lowest BCUT2D eigenvalue weighted by Gasteiger charge is -2.39. The van der Waals surface area contributed by atoms with Crippen LogP contribution in [0.2, 0.25) is 0 Å². The Kier molecular flexibility index (Phi) is 4.24. The van der Waals surface area contributed by atoms with E-state index in [1.165, 1.54) is 38.5 Å². The number of carbonyl (C=O) groups excluding carboxylic acids is 2. The summed E-state index contributed by atoms with van der Waals surface area (Å²) in [5.74, 6) is 1.35. The van der Waals surface area contributed by atoms with Crippen LogP contribution in [0.4, 0.5) is 0 Å². The predicted molar refractivity (Wildman–Crippen MR) is 87.3 cm³/mol. The summed E-state index contributed by atoms with van der Waals surface area (Å²) < 4.78 is 1.73. The molecule has 2 heterocycles. The Balaban J connectivity index is 1.24. The van der Waals surface area contributed by atoms with Gasteiger partial charge in [0.25, 0.3) is 5.91 Å². The Hall–Kier alpha value is -1.92. The fourth-order valence-corrected chi connectivity index (χ4v) is 3.63. The largest absolute Gasteiger partial charge is 0.350 e. The van der Waals surface area contributed by atoms with Gasteiger partial charge in [0.15, 0.2) is 5.69 Å². The van der Waals surface area contributed by atoms with E-state index in [4.69, 9.17) is 0 Å². The summed E-state index contributed by atoms with van der Waals surface area (Å²) in [4.78, 5) is 26.1. The van der Waals surface area contributed by atoms with Crippen LogP contribution in [0.25, 0.3) is 0 Å². The maximum atomic E-state index is 12.2. The average molecular weight is 331 g/mol. The van der Waals surface area contributed by atoms with Crippen molar-refractivity contribution in [1.29, 1.82) is 0 Å². The molecular weight excluding hydrogens is 306 g/mol. The molecule has 1 N–H and O–H groups in total. The molecule has 7 nitrogen and oxygen atoms in total. The Labute approximate surface area is 141 Å². The Morgan fingerprint density at radius 2 is 1.88 bits per heavy atom. The van der Waals surface area contributed by atoms with Crippen molar-refractivity contribution in [3.8, 4) is 0 Å². The molecule has 0 unspecified atom stereocenters. The molecule has 24 heavy (non-hydrogen) atoms. The summed E-state index contributed by atoms with van der Waals surface area (Å²) in [6.07, 6.45) is 9.75. The minimum atomic E-state index is -0.151. The van der Waals surface area contributed by atoms with E-state index >= 15 is 0 Å². The van der Waals surface area contributed by atoms with Gasteiger partial charge in [-0.1, -0.05) is 18.1 Å². The summed E-state index contributed by atoms with van der Waals surface area (Å²) in [6, 6.07) is 0.148. The van der Waals surface area contributed by atoms with Gasteiger partial charge in [-0.05, 0) is 37.5 Å². The van der Waals surface area contributed by atoms with Gasteiger partial charge in [-0.2, -0.15) is 0 Å². The molecule has 0 bridgehead atoms. The van der Waals surface area contributed by atoms with Crippen molar-refractivity contribution >= 4 is 11.8 Å². The van der Waals surface area contributed by atoms with E-state index in [-0.39, 0.29) is 17.9 Å². The van der Waals surface area contributed by atoms with Gasteiger partial charge in [-0.3, -0.25) is 9.59 Å². The number of nitrogens with zero attached hydrogens (tertiary/aromatic N) is 4. The van der Waals surface area contributed by atoms with Crippen LogP contribution in [0.5, 0.6) is 0 Å². The van der Waals surface area contributed by atoms with Gasteiger partial charge in [0.2, 0.25) is 5.91 Å². The Morgan fingerprint density at radius 1 is 1.12 bits per heavy atom. The number of amides is 2. The minimum absolute atomic E-state index is 0.148. The number of hydrogen-bond acceptors (Lipinski definition) is 4. The highest BCUT2D eigenvalue weighted by atomic mass is 16.2. The van der Waals surface area contributed by atoms with Gasteiger partial charge in [-0.25, -0.2) is 4.68 Å². The molecule has 2 amide bonds. The maximum Gasteiger partial charge on any atom is 0.273 e. The van der Waals surface area contributed by atoms with E-state index in [9.17, 15) is 9.59 Å². The van der Waals surface area contributed by atoms with Gasteiger partial charge in [0.05, 0.1) is 12.2 Å². The normalized spacial score (nSPS) is 21.8. The van der Waals surface area contributed by atoms with Crippen LogP contribution in [0.15, 0.2) is 6.20 Å². The molecule has 3 fully saturated rings. The van der Waals surface area contributed by atoms with Crippen LogP contribution < -0.4 is 5.32 Å². The quantitative estimate of drug-likeness (QED) is 0.854. The lowest BCUT2D eigenvalue weighted by Crippen LogP contribution is -2.51. The number of rotatable bonds is 6. The summed E-state index contributed by atoms with van der Waals surface area (Å²) in [5, 5.41) is 10.9. The van der Waals surface area contributed by atoms with Crippen molar-refractivity contribution in [3.05, 3.63) is 11.9 Å². The first-order valence-corrected chi connectivity index (χ1v) is 9.17. The van der Waals surface area contributed by atoms with Crippen molar-refractivity contribution in [2.24, 2.45) is 11.8 Å². The summed E-state index contributed by atoms with van der Waals surface area (Å²) in [6.45, 7) is 2.09. The van der Waals surface area contributed by atoms with Crippen LogP contribution in [0.3, 0.4) is 0 Å². The molecule has 1 aromatic rings. The topological polar surface area (TPSA) is 80.1 Å². The monoisotopic (exact) mass is 331 g/mol. The second kappa shape index (κ2) is 6.53. The number of likely N-dealkylation sites (tertiary alicyclic amines) is 1. The Morgan fingerprint density at radius 3 is 2.58 bits per heavy atom. The number of hydrogen-bond donors (Lipinski definition) is 1. The zero-order chi connectivity index (χ0) is 16.5. The SMILES string of the molecule is O=C(NCC1CC1)c1cn(C2CN(C(=O)CC3CCCC3)C2)nn1. The van der Waals surface area contributed by atoms with Gasteiger partial charge < -0.3 is 10.2 Å². The third-order valence-electron chi connectivity index (χ3n) is 5.52. The van der Waals surface area contributed by atoms with Crippen LogP contribution >= 0.6 is 0 Å². The smallest absolute Gasteiger partial charge is 0.273 e. The highest BCUT2D eigenvalue weighted by Crippen LogP contribution is 2.30. The number of nitrogens with one attached hydrogen (secondary N) is 1. The van der Waals surface area contributed by atoms with Crippen LogP contribution in [0.1, 0.15) is 61.5 Å². The fourth-order valence-electron chi connectivity index (χ4n) is 3.63. The maximum absolute atomic E-state index is 12.2. The summed E-state index contributed by atoms with van der Waals surface area (Å²) in [7, 11) is 0. The third kappa shape index (κ3) is 3.44. The molecule has 7 heteroatoms. The molecular formula is C17H25N5O2. The van der Waals surface area contributed by atoms with E-state index in [2.05, 4.69) is 15.6 Å². The lowest BCUT2D eigenvalue weighted by atomic mass is 10.0. The molecule has 1 aliphatic heterocycles. The van der Waals surface area contributed by atoms with Crippen LogP contribution in [-0.2, 0) is 4.79 Å². The molecule has 0 spiro atoms. The Bertz CT molecular complexity index is 612. The van der Waals surface area contributed by atoms with E-state index in [0.29, 0.717) is 37.0 Å². The number of carbonyl (C=O) groups is 2. The molecule has 1 saturated heterocycles. The second-order valence-corrected chi connectivity index (χ2v) is 7.54. The molecule has 0 radical (unpaired) electrons. The molecule has 0 atom stereocenters. The third-order valence-corrected chi connectivity index (χ3v) is 5.52. The standard InChI is InChI=1S/C17H25N5O2/c23-16(7-12-3-1-2-4-12)21-9-14(10-21)22-11-15(19-20-22)17(24)18-8-13-5-6-13/h11-14H,1-10H2,(H,18,24). The van der Waals surface area contributed by atoms with E-state index in [1.807, 2.05) is 4.90 Å². The first-order chi connectivity index (χ1) is 11.7. The molecule has 2 saturated carbocycles. The van der Waals surface area contributed by atoms with Crippen molar-refractivity contribution in [2.75, 3.05) is 19.6 Å². The van der Waals surface area contributed by atoms with Gasteiger partial charge >= 0.3 is 0 Å². The van der Waals surface area contributed by atoms with E-state index in [0.717, 1.165) is 6.54 Å². The lowest BCUT2D eigenvalue weighted by molar-refractivity contribution is -0.138. The molecule has 3 aliphatic rings. The minimum Gasteiger partial charge on any atom is -0.350 e. The van der Waals surface area contributed by atoms with Crippen molar-refractivity contribution < 1.29 is 9.59 Å². The van der Waals surface area contributed by atoms with Crippen LogP contribution in [0, 0.1) is 11.8 Å². The van der Waals surface area contributed by atoms with Crippen molar-refractivity contribution in [1.82, 2.24) is 25.2 Å². The number of aromatic nitrogens is 3. The summed E-state index contributed by atoms with van der Waals surface area (Å²) in [5.41, 5.74) is 0.367. The van der Waals surface area contributed by atoms with Gasteiger partial charge in [-0.15, -0.1) is 5.10 Å². The van der Waals surface area contributed by atoms with Crippen molar-refractivity contribution in [2.45, 2.75) is 51.0 Å². The zero-order valence-corrected chi connectivity index (χ0v) is 14.0. The first-order valence-electron chi connectivity index (χ1n) is 9.17. The fraction of sp³-hybridized carbons (Fsp3) is 0.765. The van der Waals surface area contributed by atoms with Crippen molar-refractivity contribution in [3.63, 3.8) is 0 Å².